The summed E-state index contributed by atoms with van der Waals surface area (Å²) in [6.45, 7) is 0.555. The van der Waals surface area contributed by atoms with Crippen molar-refractivity contribution in [2.24, 2.45) is 0 Å². The van der Waals surface area contributed by atoms with Gasteiger partial charge in [-0.3, -0.25) is 0 Å². The monoisotopic (exact) mass is 285 g/mol. The van der Waals surface area contributed by atoms with E-state index in [1.165, 1.54) is 0 Å². The molecule has 0 aliphatic carbocycles. The summed E-state index contributed by atoms with van der Waals surface area (Å²) in [4.78, 5) is 1.55. The van der Waals surface area contributed by atoms with Gasteiger partial charge < -0.3 is 5.73 Å². The molecule has 0 bridgehead atoms. The van der Waals surface area contributed by atoms with E-state index < -0.39 is 0 Å². The van der Waals surface area contributed by atoms with Crippen molar-refractivity contribution in [3.05, 3.63) is 59.1 Å². The molecule has 0 radical (unpaired) electrons. The smallest absolute Gasteiger partial charge is 0.204 e. The van der Waals surface area contributed by atoms with Crippen LogP contribution in [0.1, 0.15) is 5.56 Å². The fourth-order valence-corrected chi connectivity index (χ4v) is 1.94. The molecule has 0 unspecified atom stereocenters. The lowest BCUT2D eigenvalue weighted by Crippen LogP contribution is -2.03. The van der Waals surface area contributed by atoms with Crippen LogP contribution in [0.4, 0.5) is 5.69 Å². The van der Waals surface area contributed by atoms with Crippen LogP contribution in [0.2, 0.25) is 5.02 Å². The van der Waals surface area contributed by atoms with E-state index in [9.17, 15) is 0 Å². The summed E-state index contributed by atoms with van der Waals surface area (Å²) in [5.41, 5.74) is 8.32. The van der Waals surface area contributed by atoms with Crippen molar-refractivity contribution in [1.29, 1.82) is 0 Å². The van der Waals surface area contributed by atoms with E-state index in [-0.39, 0.29) is 0 Å². The number of aromatic nitrogens is 4. The Morgan fingerprint density at radius 3 is 2.40 bits per heavy atom. The third-order valence-electron chi connectivity index (χ3n) is 2.86. The maximum atomic E-state index is 5.85. The van der Waals surface area contributed by atoms with Crippen LogP contribution < -0.4 is 5.73 Å². The minimum absolute atomic E-state index is 0.555. The van der Waals surface area contributed by atoms with Crippen molar-refractivity contribution in [3.8, 4) is 11.4 Å². The first-order chi connectivity index (χ1) is 9.70. The van der Waals surface area contributed by atoms with Crippen LogP contribution in [0.15, 0.2) is 48.5 Å². The molecule has 0 saturated carbocycles. The van der Waals surface area contributed by atoms with Crippen LogP contribution in [0, 0.1) is 0 Å². The summed E-state index contributed by atoms with van der Waals surface area (Å²) in [6.07, 6.45) is 0. The van der Waals surface area contributed by atoms with Gasteiger partial charge in [0.15, 0.2) is 0 Å². The number of hydrogen-bond donors (Lipinski definition) is 1. The molecule has 3 rings (SSSR count). The fraction of sp³-hybridized carbons (Fsp3) is 0.0714. The zero-order chi connectivity index (χ0) is 13.9. The van der Waals surface area contributed by atoms with Crippen molar-refractivity contribution >= 4 is 17.3 Å². The number of anilines is 1. The Labute approximate surface area is 121 Å². The molecule has 100 valence electrons. The van der Waals surface area contributed by atoms with E-state index in [2.05, 4.69) is 15.4 Å². The van der Waals surface area contributed by atoms with Gasteiger partial charge >= 0.3 is 0 Å². The lowest BCUT2D eigenvalue weighted by Gasteiger charge is -1.99. The molecule has 0 amide bonds. The summed E-state index contributed by atoms with van der Waals surface area (Å²) in [6, 6.07) is 14.9. The number of hydrogen-bond acceptors (Lipinski definition) is 4. The second-order valence-corrected chi connectivity index (χ2v) is 4.83. The molecule has 1 aromatic heterocycles. The van der Waals surface area contributed by atoms with E-state index in [1.54, 1.807) is 4.80 Å². The summed E-state index contributed by atoms with van der Waals surface area (Å²) >= 11 is 5.85. The summed E-state index contributed by atoms with van der Waals surface area (Å²) < 4.78 is 0. The second-order valence-electron chi connectivity index (χ2n) is 4.39. The summed E-state index contributed by atoms with van der Waals surface area (Å²) in [5.74, 6) is 0.582. The Morgan fingerprint density at radius 2 is 1.70 bits per heavy atom. The zero-order valence-corrected chi connectivity index (χ0v) is 11.3. The molecule has 2 N–H and O–H groups in total. The fourth-order valence-electron chi connectivity index (χ4n) is 1.81. The molecule has 6 heteroatoms. The molecule has 0 spiro atoms. The van der Waals surface area contributed by atoms with Gasteiger partial charge in [-0.25, -0.2) is 0 Å². The van der Waals surface area contributed by atoms with Crippen LogP contribution in [-0.2, 0) is 6.54 Å². The second kappa shape index (κ2) is 5.30. The first-order valence-electron chi connectivity index (χ1n) is 6.09. The highest BCUT2D eigenvalue weighted by Gasteiger charge is 2.06. The molecule has 0 saturated heterocycles. The van der Waals surface area contributed by atoms with Crippen molar-refractivity contribution < 1.29 is 0 Å². The zero-order valence-electron chi connectivity index (χ0n) is 10.6. The first kappa shape index (κ1) is 12.6. The molecule has 5 nitrogen and oxygen atoms in total. The van der Waals surface area contributed by atoms with E-state index in [0.717, 1.165) is 11.1 Å². The standard InChI is InChI=1S/C14H12ClN5/c15-12-5-1-10(2-6-12)9-20-18-14(17-19-20)11-3-7-13(16)8-4-11/h1-8H,9,16H2. The van der Waals surface area contributed by atoms with Crippen molar-refractivity contribution in [1.82, 2.24) is 20.2 Å². The SMILES string of the molecule is Nc1ccc(-c2nnn(Cc3ccc(Cl)cc3)n2)cc1. The van der Waals surface area contributed by atoms with E-state index in [4.69, 9.17) is 17.3 Å². The van der Waals surface area contributed by atoms with Gasteiger partial charge in [0.2, 0.25) is 5.82 Å². The van der Waals surface area contributed by atoms with Crippen molar-refractivity contribution in [3.63, 3.8) is 0 Å². The van der Waals surface area contributed by atoms with Crippen LogP contribution in [0.25, 0.3) is 11.4 Å². The molecule has 0 aliphatic heterocycles. The summed E-state index contributed by atoms with van der Waals surface area (Å²) in [5, 5.41) is 13.1. The predicted molar refractivity (Wildman–Crippen MR) is 78.2 cm³/mol. The Hall–Kier alpha value is -2.40. The number of rotatable bonds is 3. The normalized spacial score (nSPS) is 10.7. The highest BCUT2D eigenvalue weighted by Crippen LogP contribution is 2.15. The lowest BCUT2D eigenvalue weighted by atomic mass is 10.2. The molecule has 0 atom stereocenters. The minimum atomic E-state index is 0.555. The molecule has 3 aromatic rings. The van der Waals surface area contributed by atoms with Gasteiger partial charge in [-0.05, 0) is 47.2 Å². The van der Waals surface area contributed by atoms with Crippen LogP contribution in [0.3, 0.4) is 0 Å². The van der Waals surface area contributed by atoms with Gasteiger partial charge in [0.25, 0.3) is 0 Å². The van der Waals surface area contributed by atoms with Crippen LogP contribution >= 0.6 is 11.6 Å². The number of nitrogens with two attached hydrogens (primary N) is 1. The van der Waals surface area contributed by atoms with E-state index in [0.29, 0.717) is 23.1 Å². The topological polar surface area (TPSA) is 69.6 Å². The Bertz CT molecular complexity index is 703. The van der Waals surface area contributed by atoms with Crippen molar-refractivity contribution in [2.75, 3.05) is 5.73 Å². The Balaban J connectivity index is 1.80. The van der Waals surface area contributed by atoms with E-state index in [1.807, 2.05) is 48.5 Å². The lowest BCUT2D eigenvalue weighted by molar-refractivity contribution is 0.573. The highest BCUT2D eigenvalue weighted by atomic mass is 35.5. The molecule has 0 fully saturated rings. The number of nitrogen functional groups attached to an aromatic ring is 1. The van der Waals surface area contributed by atoms with Gasteiger partial charge in [0.05, 0.1) is 6.54 Å². The molecule has 0 aliphatic rings. The largest absolute Gasteiger partial charge is 0.399 e. The van der Waals surface area contributed by atoms with Gasteiger partial charge in [-0.15, -0.1) is 10.2 Å². The molecular formula is C14H12ClN5. The average molecular weight is 286 g/mol. The molecular weight excluding hydrogens is 274 g/mol. The van der Waals surface area contributed by atoms with Gasteiger partial charge in [-0.2, -0.15) is 4.80 Å². The molecule has 20 heavy (non-hydrogen) atoms. The van der Waals surface area contributed by atoms with Gasteiger partial charge in [-0.1, -0.05) is 23.7 Å². The van der Waals surface area contributed by atoms with E-state index >= 15 is 0 Å². The summed E-state index contributed by atoms with van der Waals surface area (Å²) in [7, 11) is 0. The third-order valence-corrected chi connectivity index (χ3v) is 3.11. The Kier molecular flexibility index (Phi) is 3.35. The van der Waals surface area contributed by atoms with Crippen LogP contribution in [-0.4, -0.2) is 20.2 Å². The number of halogens is 1. The predicted octanol–water partition coefficient (Wildman–Crippen LogP) is 2.62. The minimum Gasteiger partial charge on any atom is -0.399 e. The quantitative estimate of drug-likeness (QED) is 0.751. The maximum Gasteiger partial charge on any atom is 0.204 e. The van der Waals surface area contributed by atoms with Crippen LogP contribution in [0.5, 0.6) is 0 Å². The molecule has 2 aromatic carbocycles. The molecule has 1 heterocycles. The van der Waals surface area contributed by atoms with Crippen molar-refractivity contribution in [2.45, 2.75) is 6.54 Å². The maximum absolute atomic E-state index is 5.85. The first-order valence-corrected chi connectivity index (χ1v) is 6.47. The number of benzene rings is 2. The van der Waals surface area contributed by atoms with Gasteiger partial charge in [0.1, 0.15) is 0 Å². The Morgan fingerprint density at radius 1 is 1.00 bits per heavy atom. The third kappa shape index (κ3) is 2.78. The average Bonchev–Trinajstić information content (AvgIpc) is 2.91. The van der Waals surface area contributed by atoms with Gasteiger partial charge in [0, 0.05) is 16.3 Å². The highest BCUT2D eigenvalue weighted by molar-refractivity contribution is 6.30. The number of tetrazole rings is 1. The number of nitrogens with zero attached hydrogens (tertiary/aromatic N) is 4.